The van der Waals surface area contributed by atoms with Crippen molar-refractivity contribution in [3.05, 3.63) is 29.3 Å². The standard InChI is InChI=1S/C17H26N2O3S/c1-22-13-17(7-9-18-10-8-17)12-19-23(20,21)16-6-5-14-3-2-4-15(14)11-16/h5-6,11,18-19H,2-4,7-10,12-13H2,1H3. The second-order valence-electron chi connectivity index (χ2n) is 6.79. The van der Waals surface area contributed by atoms with Crippen molar-refractivity contribution in [1.29, 1.82) is 0 Å². The van der Waals surface area contributed by atoms with Gasteiger partial charge in [0, 0.05) is 19.1 Å². The van der Waals surface area contributed by atoms with Gasteiger partial charge in [0.2, 0.25) is 10.0 Å². The van der Waals surface area contributed by atoms with E-state index in [1.807, 2.05) is 12.1 Å². The molecule has 1 saturated heterocycles. The van der Waals surface area contributed by atoms with Gasteiger partial charge in [0.25, 0.3) is 0 Å². The minimum atomic E-state index is -3.46. The van der Waals surface area contributed by atoms with Crippen LogP contribution < -0.4 is 10.0 Å². The summed E-state index contributed by atoms with van der Waals surface area (Å²) in [6, 6.07) is 5.54. The molecule has 0 atom stereocenters. The van der Waals surface area contributed by atoms with Crippen molar-refractivity contribution in [2.75, 3.05) is 33.4 Å². The van der Waals surface area contributed by atoms with Crippen molar-refractivity contribution in [2.24, 2.45) is 5.41 Å². The van der Waals surface area contributed by atoms with Crippen molar-refractivity contribution in [2.45, 2.75) is 37.0 Å². The summed E-state index contributed by atoms with van der Waals surface area (Å²) in [5.41, 5.74) is 2.36. The molecule has 128 valence electrons. The number of hydrogen-bond acceptors (Lipinski definition) is 4. The second-order valence-corrected chi connectivity index (χ2v) is 8.56. The Morgan fingerprint density at radius 3 is 2.70 bits per heavy atom. The first-order valence-electron chi connectivity index (χ1n) is 8.36. The number of benzene rings is 1. The van der Waals surface area contributed by atoms with Gasteiger partial charge in [-0.15, -0.1) is 0 Å². The molecule has 2 aliphatic rings. The number of hydrogen-bond donors (Lipinski definition) is 2. The Morgan fingerprint density at radius 1 is 1.22 bits per heavy atom. The van der Waals surface area contributed by atoms with E-state index < -0.39 is 10.0 Å². The Morgan fingerprint density at radius 2 is 1.96 bits per heavy atom. The maximum absolute atomic E-state index is 12.7. The molecule has 1 aromatic rings. The minimum absolute atomic E-state index is 0.107. The summed E-state index contributed by atoms with van der Waals surface area (Å²) in [6.45, 7) is 2.83. The van der Waals surface area contributed by atoms with Crippen LogP contribution in [0.15, 0.2) is 23.1 Å². The quantitative estimate of drug-likeness (QED) is 0.824. The van der Waals surface area contributed by atoms with Crippen molar-refractivity contribution < 1.29 is 13.2 Å². The number of ether oxygens (including phenoxy) is 1. The molecular formula is C17H26N2O3S. The van der Waals surface area contributed by atoms with Crippen LogP contribution in [0.4, 0.5) is 0 Å². The third-order valence-electron chi connectivity index (χ3n) is 5.13. The van der Waals surface area contributed by atoms with E-state index in [0.29, 0.717) is 18.0 Å². The molecule has 0 radical (unpaired) electrons. The fourth-order valence-electron chi connectivity index (χ4n) is 3.68. The molecule has 6 heteroatoms. The molecule has 0 unspecified atom stereocenters. The third kappa shape index (κ3) is 3.76. The van der Waals surface area contributed by atoms with Gasteiger partial charge < -0.3 is 10.1 Å². The fraction of sp³-hybridized carbons (Fsp3) is 0.647. The van der Waals surface area contributed by atoms with E-state index >= 15 is 0 Å². The Kier molecular flexibility index (Phi) is 5.06. The van der Waals surface area contributed by atoms with Crippen LogP contribution >= 0.6 is 0 Å². The summed E-state index contributed by atoms with van der Waals surface area (Å²) in [7, 11) is -1.78. The summed E-state index contributed by atoms with van der Waals surface area (Å²) < 4.78 is 33.5. The Balaban J connectivity index is 1.72. The Hall–Kier alpha value is -0.950. The van der Waals surface area contributed by atoms with Crippen molar-refractivity contribution in [3.8, 4) is 0 Å². The van der Waals surface area contributed by atoms with Crippen LogP contribution in [0, 0.1) is 5.41 Å². The normalized spacial score (nSPS) is 20.4. The first kappa shape index (κ1) is 16.9. The minimum Gasteiger partial charge on any atom is -0.384 e. The molecular weight excluding hydrogens is 312 g/mol. The number of methoxy groups -OCH3 is 1. The van der Waals surface area contributed by atoms with Gasteiger partial charge >= 0.3 is 0 Å². The molecule has 5 nitrogen and oxygen atoms in total. The number of piperidine rings is 1. The van der Waals surface area contributed by atoms with E-state index in [-0.39, 0.29) is 5.41 Å². The predicted molar refractivity (Wildman–Crippen MR) is 90.1 cm³/mol. The number of sulfonamides is 1. The molecule has 3 rings (SSSR count). The maximum Gasteiger partial charge on any atom is 0.240 e. The van der Waals surface area contributed by atoms with E-state index in [2.05, 4.69) is 10.0 Å². The molecule has 0 spiro atoms. The lowest BCUT2D eigenvalue weighted by atomic mass is 9.80. The number of aryl methyl sites for hydroxylation is 2. The Bertz CT molecular complexity index is 646. The summed E-state index contributed by atoms with van der Waals surface area (Å²) in [5, 5.41) is 3.32. The highest BCUT2D eigenvalue weighted by Crippen LogP contribution is 2.29. The van der Waals surface area contributed by atoms with Crippen molar-refractivity contribution in [3.63, 3.8) is 0 Å². The first-order chi connectivity index (χ1) is 11.0. The van der Waals surface area contributed by atoms with Crippen molar-refractivity contribution >= 4 is 10.0 Å². The molecule has 23 heavy (non-hydrogen) atoms. The van der Waals surface area contributed by atoms with Gasteiger partial charge in [-0.1, -0.05) is 6.07 Å². The molecule has 0 aromatic heterocycles. The van der Waals surface area contributed by atoms with E-state index in [4.69, 9.17) is 4.74 Å². The molecule has 1 heterocycles. The van der Waals surface area contributed by atoms with Crippen LogP contribution in [-0.2, 0) is 27.6 Å². The van der Waals surface area contributed by atoms with Gasteiger partial charge in [0.15, 0.2) is 0 Å². The van der Waals surface area contributed by atoms with E-state index in [0.717, 1.165) is 45.2 Å². The molecule has 1 fully saturated rings. The molecule has 2 N–H and O–H groups in total. The largest absolute Gasteiger partial charge is 0.384 e. The third-order valence-corrected chi connectivity index (χ3v) is 6.53. The molecule has 1 aliphatic carbocycles. The van der Waals surface area contributed by atoms with Gasteiger partial charge in [-0.3, -0.25) is 0 Å². The summed E-state index contributed by atoms with van der Waals surface area (Å²) in [5.74, 6) is 0. The second kappa shape index (κ2) is 6.89. The number of rotatable bonds is 6. The van der Waals surface area contributed by atoms with Crippen LogP contribution in [-0.4, -0.2) is 41.8 Å². The van der Waals surface area contributed by atoms with Gasteiger partial charge in [-0.05, 0) is 68.5 Å². The molecule has 0 saturated carbocycles. The van der Waals surface area contributed by atoms with E-state index in [1.165, 1.54) is 11.1 Å². The lowest BCUT2D eigenvalue weighted by molar-refractivity contribution is 0.0577. The number of fused-ring (bicyclic) bond motifs is 1. The topological polar surface area (TPSA) is 67.4 Å². The van der Waals surface area contributed by atoms with Gasteiger partial charge in [-0.25, -0.2) is 13.1 Å². The van der Waals surface area contributed by atoms with Crippen LogP contribution in [0.3, 0.4) is 0 Å². The highest BCUT2D eigenvalue weighted by molar-refractivity contribution is 7.89. The number of nitrogens with one attached hydrogen (secondary N) is 2. The average Bonchev–Trinajstić information content (AvgIpc) is 3.02. The monoisotopic (exact) mass is 338 g/mol. The lowest BCUT2D eigenvalue weighted by Crippen LogP contribution is -2.47. The maximum atomic E-state index is 12.7. The smallest absolute Gasteiger partial charge is 0.240 e. The van der Waals surface area contributed by atoms with Crippen LogP contribution in [0.25, 0.3) is 0 Å². The van der Waals surface area contributed by atoms with Crippen LogP contribution in [0.5, 0.6) is 0 Å². The zero-order valence-electron chi connectivity index (χ0n) is 13.7. The van der Waals surface area contributed by atoms with Crippen molar-refractivity contribution in [1.82, 2.24) is 10.0 Å². The first-order valence-corrected chi connectivity index (χ1v) is 9.84. The highest BCUT2D eigenvalue weighted by atomic mass is 32.2. The molecule has 1 aromatic carbocycles. The zero-order valence-corrected chi connectivity index (χ0v) is 14.5. The predicted octanol–water partition coefficient (Wildman–Crippen LogP) is 1.47. The summed E-state index contributed by atoms with van der Waals surface area (Å²) >= 11 is 0. The fourth-order valence-corrected chi connectivity index (χ4v) is 4.89. The van der Waals surface area contributed by atoms with Crippen LogP contribution in [0.1, 0.15) is 30.4 Å². The lowest BCUT2D eigenvalue weighted by Gasteiger charge is -2.37. The zero-order chi connectivity index (χ0) is 16.3. The van der Waals surface area contributed by atoms with Crippen LogP contribution in [0.2, 0.25) is 0 Å². The SMILES string of the molecule is COCC1(CNS(=O)(=O)c2ccc3c(c2)CCC3)CCNCC1. The molecule has 0 amide bonds. The van der Waals surface area contributed by atoms with Gasteiger partial charge in [-0.2, -0.15) is 0 Å². The molecule has 1 aliphatic heterocycles. The van der Waals surface area contributed by atoms with E-state index in [1.54, 1.807) is 13.2 Å². The van der Waals surface area contributed by atoms with Gasteiger partial charge in [0.05, 0.1) is 11.5 Å². The summed E-state index contributed by atoms with van der Waals surface area (Å²) in [6.07, 6.45) is 5.02. The molecule has 0 bridgehead atoms. The highest BCUT2D eigenvalue weighted by Gasteiger charge is 2.33. The van der Waals surface area contributed by atoms with Gasteiger partial charge in [0.1, 0.15) is 0 Å². The Labute approximate surface area is 138 Å². The van der Waals surface area contributed by atoms with E-state index in [9.17, 15) is 8.42 Å². The average molecular weight is 338 g/mol. The summed E-state index contributed by atoms with van der Waals surface area (Å²) in [4.78, 5) is 0.389.